The lowest BCUT2D eigenvalue weighted by Gasteiger charge is -2.32. The van der Waals surface area contributed by atoms with Crippen molar-refractivity contribution in [1.29, 1.82) is 0 Å². The van der Waals surface area contributed by atoms with Gasteiger partial charge >= 0.3 is 0 Å². The third kappa shape index (κ3) is 2.17. The lowest BCUT2D eigenvalue weighted by atomic mass is 10.3. The van der Waals surface area contributed by atoms with Crippen molar-refractivity contribution in [2.75, 3.05) is 33.2 Å². The van der Waals surface area contributed by atoms with Crippen LogP contribution in [0.2, 0.25) is 0 Å². The minimum Gasteiger partial charge on any atom is -0.336 e. The fraction of sp³-hybridized carbons (Fsp3) is 0.500. The molecule has 1 aliphatic heterocycles. The molecule has 1 amide bonds. The van der Waals surface area contributed by atoms with Gasteiger partial charge in [-0.1, -0.05) is 0 Å². The molecule has 0 aliphatic carbocycles. The molecule has 0 spiro atoms. The van der Waals surface area contributed by atoms with Crippen LogP contribution in [0.5, 0.6) is 0 Å². The van der Waals surface area contributed by atoms with Crippen molar-refractivity contribution in [3.63, 3.8) is 0 Å². The lowest BCUT2D eigenvalue weighted by molar-refractivity contribution is 0.0654. The summed E-state index contributed by atoms with van der Waals surface area (Å²) in [5, 5.41) is 2.08. The van der Waals surface area contributed by atoms with Crippen LogP contribution in [0.1, 0.15) is 17.4 Å². The first-order valence-corrected chi connectivity index (χ1v) is 7.63. The van der Waals surface area contributed by atoms with Gasteiger partial charge in [-0.05, 0) is 31.5 Å². The predicted octanol–water partition coefficient (Wildman–Crippen LogP) is 2.11. The molecule has 3 rings (SSSR count). The normalized spacial score (nSPS) is 17.3. The SMILES string of the molecule is CCn1c(C(=O)N2CCN(C)CC2)cc2sccc21. The number of nitrogens with zero attached hydrogens (tertiary/aromatic N) is 3. The largest absolute Gasteiger partial charge is 0.336 e. The number of hydrogen-bond donors (Lipinski definition) is 0. The maximum Gasteiger partial charge on any atom is 0.270 e. The summed E-state index contributed by atoms with van der Waals surface area (Å²) < 4.78 is 3.34. The maximum absolute atomic E-state index is 12.6. The molecule has 0 aromatic carbocycles. The van der Waals surface area contributed by atoms with Crippen LogP contribution in [-0.2, 0) is 6.54 Å². The number of amides is 1. The van der Waals surface area contributed by atoms with Crippen molar-refractivity contribution < 1.29 is 4.79 Å². The van der Waals surface area contributed by atoms with Crippen LogP contribution in [0.3, 0.4) is 0 Å². The fourth-order valence-electron chi connectivity index (χ4n) is 2.67. The summed E-state index contributed by atoms with van der Waals surface area (Å²) in [4.78, 5) is 16.9. The third-order valence-electron chi connectivity index (χ3n) is 3.85. The second-order valence-corrected chi connectivity index (χ2v) is 5.99. The maximum atomic E-state index is 12.6. The van der Waals surface area contributed by atoms with Crippen molar-refractivity contribution in [1.82, 2.24) is 14.4 Å². The van der Waals surface area contributed by atoms with E-state index in [-0.39, 0.29) is 5.91 Å². The number of aromatic nitrogens is 1. The minimum atomic E-state index is 0.179. The van der Waals surface area contributed by atoms with Gasteiger partial charge in [-0.25, -0.2) is 0 Å². The van der Waals surface area contributed by atoms with Gasteiger partial charge in [0.05, 0.1) is 10.2 Å². The van der Waals surface area contributed by atoms with E-state index in [4.69, 9.17) is 0 Å². The highest BCUT2D eigenvalue weighted by Gasteiger charge is 2.23. The molecule has 2 aromatic rings. The van der Waals surface area contributed by atoms with Crippen LogP contribution in [-0.4, -0.2) is 53.5 Å². The Bertz CT molecular complexity index is 593. The number of fused-ring (bicyclic) bond motifs is 1. The van der Waals surface area contributed by atoms with Gasteiger partial charge < -0.3 is 14.4 Å². The Balaban J connectivity index is 1.90. The van der Waals surface area contributed by atoms with Gasteiger partial charge in [-0.3, -0.25) is 4.79 Å². The summed E-state index contributed by atoms with van der Waals surface area (Å²) >= 11 is 1.70. The summed E-state index contributed by atoms with van der Waals surface area (Å²) in [5.74, 6) is 0.179. The number of rotatable bonds is 2. The summed E-state index contributed by atoms with van der Waals surface area (Å²) in [6.07, 6.45) is 0. The number of carbonyl (C=O) groups excluding carboxylic acids is 1. The molecular formula is C14H19N3OS. The van der Waals surface area contributed by atoms with Gasteiger partial charge in [-0.2, -0.15) is 0 Å². The van der Waals surface area contributed by atoms with E-state index in [1.54, 1.807) is 11.3 Å². The quantitative estimate of drug-likeness (QED) is 0.841. The van der Waals surface area contributed by atoms with E-state index < -0.39 is 0 Å². The number of carbonyl (C=O) groups is 1. The van der Waals surface area contributed by atoms with E-state index in [2.05, 4.69) is 34.9 Å². The number of piperazine rings is 1. The fourth-order valence-corrected chi connectivity index (χ4v) is 3.49. The average Bonchev–Trinajstić information content (AvgIpc) is 2.98. The smallest absolute Gasteiger partial charge is 0.270 e. The molecule has 2 aromatic heterocycles. The van der Waals surface area contributed by atoms with Gasteiger partial charge in [0, 0.05) is 32.7 Å². The van der Waals surface area contributed by atoms with Gasteiger partial charge in [0.2, 0.25) is 0 Å². The monoisotopic (exact) mass is 277 g/mol. The molecule has 0 atom stereocenters. The molecule has 0 unspecified atom stereocenters. The molecule has 19 heavy (non-hydrogen) atoms. The summed E-state index contributed by atoms with van der Waals surface area (Å²) in [5.41, 5.74) is 2.03. The Kier molecular flexibility index (Phi) is 3.33. The Morgan fingerprint density at radius 3 is 2.74 bits per heavy atom. The molecule has 0 bridgehead atoms. The molecule has 4 nitrogen and oxygen atoms in total. The molecule has 1 saturated heterocycles. The van der Waals surface area contributed by atoms with E-state index in [1.165, 1.54) is 10.2 Å². The van der Waals surface area contributed by atoms with Crippen molar-refractivity contribution in [3.05, 3.63) is 23.2 Å². The van der Waals surface area contributed by atoms with Crippen molar-refractivity contribution in [3.8, 4) is 0 Å². The Hall–Kier alpha value is -1.33. The summed E-state index contributed by atoms with van der Waals surface area (Å²) in [6, 6.07) is 4.15. The zero-order chi connectivity index (χ0) is 13.4. The minimum absolute atomic E-state index is 0.179. The highest BCUT2D eigenvalue weighted by Crippen LogP contribution is 2.26. The van der Waals surface area contributed by atoms with Gasteiger partial charge in [0.25, 0.3) is 5.91 Å². The number of hydrogen-bond acceptors (Lipinski definition) is 3. The zero-order valence-corrected chi connectivity index (χ0v) is 12.2. The second kappa shape index (κ2) is 4.98. The Morgan fingerprint density at radius 1 is 1.32 bits per heavy atom. The highest BCUT2D eigenvalue weighted by molar-refractivity contribution is 7.17. The first-order valence-electron chi connectivity index (χ1n) is 6.75. The van der Waals surface area contributed by atoms with Crippen LogP contribution in [0.4, 0.5) is 0 Å². The molecule has 0 radical (unpaired) electrons. The zero-order valence-electron chi connectivity index (χ0n) is 11.4. The standard InChI is InChI=1S/C14H19N3OS/c1-3-17-11-4-9-19-13(11)10-12(17)14(18)16-7-5-15(2)6-8-16/h4,9-10H,3,5-8H2,1-2H3. The van der Waals surface area contributed by atoms with E-state index in [1.807, 2.05) is 11.0 Å². The number of aryl methyl sites for hydroxylation is 1. The van der Waals surface area contributed by atoms with Crippen LogP contribution in [0, 0.1) is 0 Å². The topological polar surface area (TPSA) is 28.5 Å². The van der Waals surface area contributed by atoms with Crippen LogP contribution < -0.4 is 0 Å². The number of thiophene rings is 1. The van der Waals surface area contributed by atoms with Gasteiger partial charge in [0.15, 0.2) is 0 Å². The van der Waals surface area contributed by atoms with Crippen LogP contribution in [0.15, 0.2) is 17.5 Å². The van der Waals surface area contributed by atoms with Gasteiger partial charge in [0.1, 0.15) is 5.69 Å². The average molecular weight is 277 g/mol. The lowest BCUT2D eigenvalue weighted by Crippen LogP contribution is -2.47. The molecule has 5 heteroatoms. The van der Waals surface area contributed by atoms with Crippen molar-refractivity contribution in [2.45, 2.75) is 13.5 Å². The van der Waals surface area contributed by atoms with Gasteiger partial charge in [-0.15, -0.1) is 11.3 Å². The molecule has 1 fully saturated rings. The Morgan fingerprint density at radius 2 is 2.05 bits per heavy atom. The van der Waals surface area contributed by atoms with Crippen molar-refractivity contribution >= 4 is 27.5 Å². The molecule has 0 saturated carbocycles. The van der Waals surface area contributed by atoms with E-state index in [9.17, 15) is 4.79 Å². The first kappa shape index (κ1) is 12.7. The third-order valence-corrected chi connectivity index (χ3v) is 4.70. The number of likely N-dealkylation sites (N-methyl/N-ethyl adjacent to an activating group) is 1. The van der Waals surface area contributed by atoms with E-state index in [0.717, 1.165) is 38.4 Å². The summed E-state index contributed by atoms with van der Waals surface area (Å²) in [7, 11) is 2.10. The van der Waals surface area contributed by atoms with Crippen molar-refractivity contribution in [2.24, 2.45) is 0 Å². The molecule has 0 N–H and O–H groups in total. The van der Waals surface area contributed by atoms with Crippen LogP contribution >= 0.6 is 11.3 Å². The second-order valence-electron chi connectivity index (χ2n) is 5.04. The molecular weight excluding hydrogens is 258 g/mol. The molecule has 102 valence electrons. The first-order chi connectivity index (χ1) is 9.20. The Labute approximate surface area is 117 Å². The highest BCUT2D eigenvalue weighted by atomic mass is 32.1. The molecule has 3 heterocycles. The molecule has 1 aliphatic rings. The van der Waals surface area contributed by atoms with Crippen LogP contribution in [0.25, 0.3) is 10.2 Å². The predicted molar refractivity (Wildman–Crippen MR) is 78.9 cm³/mol. The summed E-state index contributed by atoms with van der Waals surface area (Å²) in [6.45, 7) is 6.53. The van der Waals surface area contributed by atoms with E-state index >= 15 is 0 Å². The van der Waals surface area contributed by atoms with E-state index in [0.29, 0.717) is 0 Å².